The number of amides is 1. The number of ketones is 1. The average molecular weight is 352 g/mol. The summed E-state index contributed by atoms with van der Waals surface area (Å²) >= 11 is 0. The summed E-state index contributed by atoms with van der Waals surface area (Å²) in [6, 6.07) is 7.18. The highest BCUT2D eigenvalue weighted by atomic mass is 16.1. The quantitative estimate of drug-likeness (QED) is 0.910. The molecule has 2 N–H and O–H groups in total. The lowest BCUT2D eigenvalue weighted by Gasteiger charge is -2.60. The number of primary amides is 1. The Morgan fingerprint density at radius 2 is 2.12 bits per heavy atom. The van der Waals surface area contributed by atoms with Crippen LogP contribution in [-0.4, -0.2) is 35.2 Å². The summed E-state index contributed by atoms with van der Waals surface area (Å²) in [6.45, 7) is 3.48. The summed E-state index contributed by atoms with van der Waals surface area (Å²) in [6.07, 6.45) is 7.19. The first-order chi connectivity index (χ1) is 12.5. The largest absolute Gasteiger partial charge is 0.366 e. The highest BCUT2D eigenvalue weighted by Gasteiger charge is 2.56. The Hall–Kier alpha value is -1.68. The van der Waals surface area contributed by atoms with Crippen molar-refractivity contribution >= 4 is 11.7 Å². The summed E-state index contributed by atoms with van der Waals surface area (Å²) in [5.41, 5.74) is 8.65. The minimum absolute atomic E-state index is 0.0706. The SMILES string of the molecule is C[C@H](C1CC1)N1CC[C@]23CC(=O)CCC2C1Cc1ccc(C(N)=O)cc13. The molecule has 1 aliphatic heterocycles. The third-order valence-corrected chi connectivity index (χ3v) is 7.85. The smallest absolute Gasteiger partial charge is 0.248 e. The molecule has 4 nitrogen and oxygen atoms in total. The van der Waals surface area contributed by atoms with Crippen LogP contribution in [0.1, 0.15) is 66.9 Å². The van der Waals surface area contributed by atoms with Crippen LogP contribution in [0, 0.1) is 11.8 Å². The van der Waals surface area contributed by atoms with Gasteiger partial charge in [-0.2, -0.15) is 0 Å². The molecule has 26 heavy (non-hydrogen) atoms. The first-order valence-corrected chi connectivity index (χ1v) is 10.2. The van der Waals surface area contributed by atoms with E-state index in [1.165, 1.54) is 24.0 Å². The molecule has 0 radical (unpaired) electrons. The molecule has 3 fully saturated rings. The van der Waals surface area contributed by atoms with Gasteiger partial charge in [-0.05, 0) is 80.7 Å². The molecule has 5 rings (SSSR count). The molecular formula is C22H28N2O2. The minimum atomic E-state index is -0.371. The molecular weight excluding hydrogens is 324 g/mol. The van der Waals surface area contributed by atoms with Crippen LogP contribution in [0.15, 0.2) is 18.2 Å². The maximum atomic E-state index is 12.5. The number of carbonyl (C=O) groups is 2. The number of hydrogen-bond acceptors (Lipinski definition) is 3. The van der Waals surface area contributed by atoms with Gasteiger partial charge >= 0.3 is 0 Å². The van der Waals surface area contributed by atoms with Gasteiger partial charge in [-0.25, -0.2) is 0 Å². The summed E-state index contributed by atoms with van der Waals surface area (Å²) in [5, 5.41) is 0. The molecule has 4 heteroatoms. The molecule has 1 saturated heterocycles. The molecule has 138 valence electrons. The maximum absolute atomic E-state index is 12.5. The molecule has 2 saturated carbocycles. The van der Waals surface area contributed by atoms with Crippen molar-refractivity contribution in [1.82, 2.24) is 4.90 Å². The van der Waals surface area contributed by atoms with Crippen molar-refractivity contribution in [2.24, 2.45) is 17.6 Å². The molecule has 2 unspecified atom stereocenters. The van der Waals surface area contributed by atoms with Gasteiger partial charge in [0.25, 0.3) is 0 Å². The lowest BCUT2D eigenvalue weighted by molar-refractivity contribution is -0.128. The second-order valence-electron chi connectivity index (χ2n) is 9.09. The van der Waals surface area contributed by atoms with Crippen molar-refractivity contribution in [3.63, 3.8) is 0 Å². The third kappa shape index (κ3) is 2.31. The normalized spacial score (nSPS) is 34.7. The van der Waals surface area contributed by atoms with Crippen LogP contribution < -0.4 is 5.73 Å². The van der Waals surface area contributed by atoms with Gasteiger partial charge in [0, 0.05) is 35.9 Å². The summed E-state index contributed by atoms with van der Waals surface area (Å²) in [4.78, 5) is 27.0. The molecule has 0 spiro atoms. The molecule has 0 aromatic heterocycles. The molecule has 1 aromatic carbocycles. The van der Waals surface area contributed by atoms with Crippen LogP contribution in [0.3, 0.4) is 0 Å². The highest BCUT2D eigenvalue weighted by molar-refractivity contribution is 5.93. The monoisotopic (exact) mass is 352 g/mol. The first kappa shape index (κ1) is 16.5. The van der Waals surface area contributed by atoms with E-state index in [-0.39, 0.29) is 11.3 Å². The van der Waals surface area contributed by atoms with Crippen LogP contribution >= 0.6 is 0 Å². The van der Waals surface area contributed by atoms with E-state index < -0.39 is 0 Å². The third-order valence-electron chi connectivity index (χ3n) is 7.85. The fourth-order valence-corrected chi connectivity index (χ4v) is 6.36. The zero-order valence-electron chi connectivity index (χ0n) is 15.5. The van der Waals surface area contributed by atoms with Gasteiger partial charge in [0.1, 0.15) is 5.78 Å². The van der Waals surface area contributed by atoms with Gasteiger partial charge in [0.15, 0.2) is 0 Å². The van der Waals surface area contributed by atoms with E-state index in [4.69, 9.17) is 5.73 Å². The number of nitrogens with two attached hydrogens (primary N) is 1. The van der Waals surface area contributed by atoms with Crippen molar-refractivity contribution in [3.05, 3.63) is 34.9 Å². The lowest BCUT2D eigenvalue weighted by atomic mass is 9.52. The second-order valence-corrected chi connectivity index (χ2v) is 9.09. The Balaban J connectivity index is 1.61. The predicted molar refractivity (Wildman–Crippen MR) is 100.0 cm³/mol. The first-order valence-electron chi connectivity index (χ1n) is 10.2. The van der Waals surface area contributed by atoms with Crippen molar-refractivity contribution in [2.45, 2.75) is 69.4 Å². The van der Waals surface area contributed by atoms with Gasteiger partial charge in [0.2, 0.25) is 5.91 Å². The number of likely N-dealkylation sites (tertiary alicyclic amines) is 1. The molecule has 3 aliphatic carbocycles. The van der Waals surface area contributed by atoms with Crippen LogP contribution in [0.2, 0.25) is 0 Å². The Labute approximate surface area is 155 Å². The van der Waals surface area contributed by atoms with E-state index in [0.29, 0.717) is 35.8 Å². The van der Waals surface area contributed by atoms with E-state index >= 15 is 0 Å². The number of nitrogens with zero attached hydrogens (tertiary/aromatic N) is 1. The number of Topliss-reactive ketones (excluding diaryl/α,β-unsaturated/α-hetero) is 1. The topological polar surface area (TPSA) is 63.4 Å². The molecule has 1 amide bonds. The van der Waals surface area contributed by atoms with E-state index in [0.717, 1.165) is 38.1 Å². The maximum Gasteiger partial charge on any atom is 0.248 e. The number of hydrogen-bond donors (Lipinski definition) is 1. The van der Waals surface area contributed by atoms with E-state index in [9.17, 15) is 9.59 Å². The molecule has 1 aromatic rings. The van der Waals surface area contributed by atoms with Crippen molar-refractivity contribution in [1.29, 1.82) is 0 Å². The van der Waals surface area contributed by atoms with Crippen LogP contribution in [0.5, 0.6) is 0 Å². The van der Waals surface area contributed by atoms with Crippen LogP contribution in [0.4, 0.5) is 0 Å². The second kappa shape index (κ2) is 5.66. The van der Waals surface area contributed by atoms with Crippen molar-refractivity contribution in [2.75, 3.05) is 6.54 Å². The lowest BCUT2D eigenvalue weighted by Crippen LogP contribution is -2.63. The van der Waals surface area contributed by atoms with Gasteiger partial charge < -0.3 is 5.73 Å². The van der Waals surface area contributed by atoms with Crippen molar-refractivity contribution in [3.8, 4) is 0 Å². The Morgan fingerprint density at radius 3 is 2.85 bits per heavy atom. The number of benzene rings is 1. The van der Waals surface area contributed by atoms with Crippen LogP contribution in [-0.2, 0) is 16.6 Å². The number of rotatable bonds is 3. The fourth-order valence-electron chi connectivity index (χ4n) is 6.36. The van der Waals surface area contributed by atoms with Gasteiger partial charge in [-0.3, -0.25) is 14.5 Å². The molecule has 2 bridgehead atoms. The summed E-state index contributed by atoms with van der Waals surface area (Å²) in [5.74, 6) is 1.42. The molecule has 1 heterocycles. The van der Waals surface area contributed by atoms with E-state index in [2.05, 4.69) is 17.9 Å². The van der Waals surface area contributed by atoms with Crippen molar-refractivity contribution < 1.29 is 9.59 Å². The average Bonchev–Trinajstić information content (AvgIpc) is 3.45. The highest BCUT2D eigenvalue weighted by Crippen LogP contribution is 2.56. The predicted octanol–water partition coefficient (Wildman–Crippen LogP) is 2.82. The zero-order chi connectivity index (χ0) is 18.1. The fraction of sp³-hybridized carbons (Fsp3) is 0.636. The number of fused-ring (bicyclic) bond motifs is 1. The summed E-state index contributed by atoms with van der Waals surface area (Å²) < 4.78 is 0. The minimum Gasteiger partial charge on any atom is -0.366 e. The molecule has 4 aliphatic rings. The zero-order valence-corrected chi connectivity index (χ0v) is 15.5. The van der Waals surface area contributed by atoms with E-state index in [1.807, 2.05) is 12.1 Å². The number of carbonyl (C=O) groups excluding carboxylic acids is 2. The van der Waals surface area contributed by atoms with Crippen LogP contribution in [0.25, 0.3) is 0 Å². The molecule has 4 atom stereocenters. The number of piperidine rings is 1. The summed E-state index contributed by atoms with van der Waals surface area (Å²) in [7, 11) is 0. The Morgan fingerprint density at radius 1 is 1.31 bits per heavy atom. The van der Waals surface area contributed by atoms with Gasteiger partial charge in [-0.15, -0.1) is 0 Å². The van der Waals surface area contributed by atoms with E-state index in [1.54, 1.807) is 0 Å². The van der Waals surface area contributed by atoms with Gasteiger partial charge in [0.05, 0.1) is 0 Å². The Kier molecular flexibility index (Phi) is 3.59. The van der Waals surface area contributed by atoms with Gasteiger partial charge in [-0.1, -0.05) is 6.07 Å². The standard InChI is InChI=1S/C22H28N2O2/c1-13(14-2-3-14)24-9-8-22-12-17(25)6-7-18(22)20(24)11-15-4-5-16(21(23)26)10-19(15)22/h4-5,10,13-14,18,20H,2-3,6-9,11-12H2,1H3,(H2,23,26)/t13-,18?,20?,22+/m1/s1. The Bertz CT molecular complexity index is 784.